The van der Waals surface area contributed by atoms with Crippen molar-refractivity contribution in [2.75, 3.05) is 32.7 Å². The SMILES string of the molecule is CCN(C[C@@H]1CCN(C(=O)c2ccc(=O)[nH]c2)C1)CC(F)(F)F. The number of carbonyl (C=O) groups is 1. The molecule has 0 aromatic carbocycles. The molecule has 128 valence electrons. The third-order valence-corrected chi connectivity index (χ3v) is 3.97. The van der Waals surface area contributed by atoms with Crippen molar-refractivity contribution in [1.29, 1.82) is 0 Å². The van der Waals surface area contributed by atoms with E-state index in [4.69, 9.17) is 0 Å². The normalized spacial score (nSPS) is 18.7. The third-order valence-electron chi connectivity index (χ3n) is 3.97. The van der Waals surface area contributed by atoms with Crippen molar-refractivity contribution in [3.8, 4) is 0 Å². The maximum Gasteiger partial charge on any atom is 0.401 e. The Morgan fingerprint density at radius 2 is 2.17 bits per heavy atom. The number of rotatable bonds is 5. The quantitative estimate of drug-likeness (QED) is 0.894. The lowest BCUT2D eigenvalue weighted by atomic mass is 10.1. The molecule has 1 aliphatic heterocycles. The van der Waals surface area contributed by atoms with Gasteiger partial charge in [0, 0.05) is 31.9 Å². The first kappa shape index (κ1) is 17.5. The van der Waals surface area contributed by atoms with Crippen LogP contribution in [-0.4, -0.2) is 59.6 Å². The Labute approximate surface area is 132 Å². The fraction of sp³-hybridized carbons (Fsp3) is 0.600. The van der Waals surface area contributed by atoms with Gasteiger partial charge < -0.3 is 9.88 Å². The highest BCUT2D eigenvalue weighted by Crippen LogP contribution is 2.22. The second-order valence-electron chi connectivity index (χ2n) is 5.79. The minimum Gasteiger partial charge on any atom is -0.338 e. The molecule has 5 nitrogen and oxygen atoms in total. The Bertz CT molecular complexity index is 580. The van der Waals surface area contributed by atoms with Crippen LogP contribution < -0.4 is 5.56 Å². The molecule has 23 heavy (non-hydrogen) atoms. The number of halogens is 3. The van der Waals surface area contributed by atoms with Gasteiger partial charge in [0.15, 0.2) is 0 Å². The standard InChI is InChI=1S/C15H20F3N3O2/c1-2-20(10-15(16,17)18)8-11-5-6-21(9-11)14(23)12-3-4-13(22)19-7-12/h3-4,7,11H,2,5-6,8-10H2,1H3,(H,19,22)/t11-/m0/s1. The molecule has 1 aromatic heterocycles. The number of likely N-dealkylation sites (tertiary alicyclic amines) is 1. The summed E-state index contributed by atoms with van der Waals surface area (Å²) in [5.74, 6) is -0.174. The molecule has 2 heterocycles. The topological polar surface area (TPSA) is 56.4 Å². The smallest absolute Gasteiger partial charge is 0.338 e. The van der Waals surface area contributed by atoms with E-state index in [0.29, 0.717) is 38.2 Å². The van der Waals surface area contributed by atoms with Crippen LogP contribution in [0.5, 0.6) is 0 Å². The van der Waals surface area contributed by atoms with E-state index >= 15 is 0 Å². The summed E-state index contributed by atoms with van der Waals surface area (Å²) >= 11 is 0. The van der Waals surface area contributed by atoms with Crippen LogP contribution in [0.15, 0.2) is 23.1 Å². The van der Waals surface area contributed by atoms with E-state index in [9.17, 15) is 22.8 Å². The van der Waals surface area contributed by atoms with Gasteiger partial charge in [-0.05, 0) is 24.9 Å². The number of aromatic nitrogens is 1. The van der Waals surface area contributed by atoms with E-state index in [2.05, 4.69) is 4.98 Å². The number of alkyl halides is 3. The molecule has 0 aliphatic carbocycles. The lowest BCUT2D eigenvalue weighted by Gasteiger charge is -2.25. The zero-order valence-electron chi connectivity index (χ0n) is 12.9. The summed E-state index contributed by atoms with van der Waals surface area (Å²) in [4.78, 5) is 28.7. The van der Waals surface area contributed by atoms with Crippen molar-refractivity contribution < 1.29 is 18.0 Å². The monoisotopic (exact) mass is 331 g/mol. The lowest BCUT2D eigenvalue weighted by Crippen LogP contribution is -2.38. The number of pyridine rings is 1. The van der Waals surface area contributed by atoms with Gasteiger partial charge in [-0.1, -0.05) is 6.92 Å². The largest absolute Gasteiger partial charge is 0.401 e. The molecule has 0 radical (unpaired) electrons. The molecule has 0 bridgehead atoms. The fourth-order valence-electron chi connectivity index (χ4n) is 2.82. The number of nitrogens with zero attached hydrogens (tertiary/aromatic N) is 2. The van der Waals surface area contributed by atoms with Gasteiger partial charge in [0.25, 0.3) is 5.91 Å². The predicted molar refractivity (Wildman–Crippen MR) is 79.2 cm³/mol. The van der Waals surface area contributed by atoms with Gasteiger partial charge >= 0.3 is 6.18 Å². The molecule has 1 fully saturated rings. The van der Waals surface area contributed by atoms with Crippen LogP contribution in [0.4, 0.5) is 13.2 Å². The average Bonchev–Trinajstić information content (AvgIpc) is 2.93. The van der Waals surface area contributed by atoms with Crippen molar-refractivity contribution in [3.05, 3.63) is 34.2 Å². The highest BCUT2D eigenvalue weighted by molar-refractivity contribution is 5.94. The summed E-state index contributed by atoms with van der Waals surface area (Å²) in [6, 6.07) is 2.74. The number of H-pyrrole nitrogens is 1. The summed E-state index contributed by atoms with van der Waals surface area (Å²) in [7, 11) is 0. The predicted octanol–water partition coefficient (Wildman–Crippen LogP) is 1.72. The van der Waals surface area contributed by atoms with Crippen LogP contribution in [-0.2, 0) is 0 Å². The maximum absolute atomic E-state index is 12.5. The average molecular weight is 331 g/mol. The second-order valence-corrected chi connectivity index (χ2v) is 5.79. The Hall–Kier alpha value is -1.83. The molecule has 0 saturated carbocycles. The van der Waals surface area contributed by atoms with Gasteiger partial charge in [-0.3, -0.25) is 14.5 Å². The molecule has 0 unspecified atom stereocenters. The van der Waals surface area contributed by atoms with Crippen LogP contribution in [0.1, 0.15) is 23.7 Å². The Kier molecular flexibility index (Phi) is 5.46. The molecule has 8 heteroatoms. The van der Waals surface area contributed by atoms with E-state index in [1.807, 2.05) is 0 Å². The molecule has 1 aliphatic rings. The molecule has 0 spiro atoms. The Morgan fingerprint density at radius 3 is 2.74 bits per heavy atom. The second kappa shape index (κ2) is 7.16. The summed E-state index contributed by atoms with van der Waals surface area (Å²) in [6.07, 6.45) is -2.16. The summed E-state index contributed by atoms with van der Waals surface area (Å²) in [5, 5.41) is 0. The first-order chi connectivity index (χ1) is 10.8. The minimum atomic E-state index is -4.21. The molecular weight excluding hydrogens is 311 g/mol. The highest BCUT2D eigenvalue weighted by atomic mass is 19.4. The molecule has 1 saturated heterocycles. The molecular formula is C15H20F3N3O2. The zero-order valence-corrected chi connectivity index (χ0v) is 12.9. The van der Waals surface area contributed by atoms with E-state index in [1.165, 1.54) is 23.2 Å². The van der Waals surface area contributed by atoms with Crippen molar-refractivity contribution in [2.45, 2.75) is 19.5 Å². The van der Waals surface area contributed by atoms with E-state index in [-0.39, 0.29) is 17.4 Å². The van der Waals surface area contributed by atoms with Crippen LogP contribution >= 0.6 is 0 Å². The lowest BCUT2D eigenvalue weighted by molar-refractivity contribution is -0.146. The molecule has 1 atom stereocenters. The van der Waals surface area contributed by atoms with Crippen LogP contribution in [0.2, 0.25) is 0 Å². The molecule has 2 rings (SSSR count). The van der Waals surface area contributed by atoms with Gasteiger partial charge in [-0.15, -0.1) is 0 Å². The van der Waals surface area contributed by atoms with Gasteiger partial charge in [0.05, 0.1) is 12.1 Å². The number of hydrogen-bond donors (Lipinski definition) is 1. The Balaban J connectivity index is 1.91. The zero-order chi connectivity index (χ0) is 17.0. The third kappa shape index (κ3) is 5.09. The number of nitrogens with one attached hydrogen (secondary N) is 1. The molecule has 1 N–H and O–H groups in total. The minimum absolute atomic E-state index is 0.0315. The summed E-state index contributed by atoms with van der Waals surface area (Å²) < 4.78 is 37.5. The van der Waals surface area contributed by atoms with Crippen molar-refractivity contribution in [3.63, 3.8) is 0 Å². The number of hydrogen-bond acceptors (Lipinski definition) is 3. The van der Waals surface area contributed by atoms with Crippen LogP contribution in [0.3, 0.4) is 0 Å². The Morgan fingerprint density at radius 1 is 1.43 bits per heavy atom. The number of amides is 1. The van der Waals surface area contributed by atoms with Gasteiger partial charge in [0.2, 0.25) is 5.56 Å². The van der Waals surface area contributed by atoms with E-state index in [1.54, 1.807) is 11.8 Å². The molecule has 1 amide bonds. The van der Waals surface area contributed by atoms with Gasteiger partial charge in [-0.25, -0.2) is 0 Å². The van der Waals surface area contributed by atoms with Crippen molar-refractivity contribution in [2.24, 2.45) is 5.92 Å². The van der Waals surface area contributed by atoms with E-state index < -0.39 is 12.7 Å². The summed E-state index contributed by atoms with van der Waals surface area (Å²) in [6.45, 7) is 2.38. The van der Waals surface area contributed by atoms with Crippen molar-refractivity contribution in [1.82, 2.24) is 14.8 Å². The van der Waals surface area contributed by atoms with Crippen LogP contribution in [0, 0.1) is 5.92 Å². The van der Waals surface area contributed by atoms with Crippen LogP contribution in [0.25, 0.3) is 0 Å². The summed E-state index contributed by atoms with van der Waals surface area (Å²) in [5.41, 5.74) is 0.0967. The van der Waals surface area contributed by atoms with Gasteiger partial charge in [0.1, 0.15) is 0 Å². The van der Waals surface area contributed by atoms with E-state index in [0.717, 1.165) is 0 Å². The van der Waals surface area contributed by atoms with Gasteiger partial charge in [-0.2, -0.15) is 13.2 Å². The van der Waals surface area contributed by atoms with Crippen molar-refractivity contribution >= 4 is 5.91 Å². The first-order valence-electron chi connectivity index (χ1n) is 7.55. The maximum atomic E-state index is 12.5. The number of carbonyl (C=O) groups excluding carboxylic acids is 1. The highest BCUT2D eigenvalue weighted by Gasteiger charge is 2.33. The molecule has 1 aromatic rings. The number of aromatic amines is 1. The fourth-order valence-corrected chi connectivity index (χ4v) is 2.82. The first-order valence-corrected chi connectivity index (χ1v) is 7.55.